The number of para-hydroxylation sites is 1. The molecule has 0 atom stereocenters. The van der Waals surface area contributed by atoms with Gasteiger partial charge in [0.25, 0.3) is 0 Å². The van der Waals surface area contributed by atoms with Crippen molar-refractivity contribution in [1.82, 2.24) is 4.40 Å². The molecule has 2 aromatic heterocycles. The third kappa shape index (κ3) is 4.69. The van der Waals surface area contributed by atoms with Gasteiger partial charge in [-0.25, -0.2) is 0 Å². The van der Waals surface area contributed by atoms with Gasteiger partial charge in [0.1, 0.15) is 0 Å². The van der Waals surface area contributed by atoms with Crippen molar-refractivity contribution >= 4 is 38.8 Å². The molecule has 6 aromatic carbocycles. The predicted molar refractivity (Wildman–Crippen MR) is 209 cm³/mol. The Morgan fingerprint density at radius 1 is 0.429 bits per heavy atom. The first-order chi connectivity index (χ1) is 24.3. The van der Waals surface area contributed by atoms with E-state index in [9.17, 15) is 0 Å². The Balaban J connectivity index is 1.09. The minimum Gasteiger partial charge on any atom is -0.312 e. The van der Waals surface area contributed by atoms with Gasteiger partial charge in [0.2, 0.25) is 0 Å². The van der Waals surface area contributed by atoms with E-state index in [-0.39, 0.29) is 0 Å². The maximum atomic E-state index is 2.53. The molecule has 0 amide bonds. The number of hydrogen-bond acceptors (Lipinski definition) is 0. The molecule has 0 bridgehead atoms. The van der Waals surface area contributed by atoms with E-state index in [1.165, 1.54) is 94.1 Å². The lowest BCUT2D eigenvalue weighted by Gasteiger charge is -2.15. The highest BCUT2D eigenvalue weighted by Gasteiger charge is 2.22. The van der Waals surface area contributed by atoms with E-state index in [2.05, 4.69) is 168 Å². The molecule has 0 fully saturated rings. The molecule has 0 aliphatic heterocycles. The lowest BCUT2D eigenvalue weighted by Crippen LogP contribution is -1.96. The van der Waals surface area contributed by atoms with Crippen molar-refractivity contribution in [3.8, 4) is 44.5 Å². The Labute approximate surface area is 287 Å². The molecule has 1 heteroatoms. The van der Waals surface area contributed by atoms with E-state index in [1.807, 2.05) is 0 Å². The van der Waals surface area contributed by atoms with Gasteiger partial charge in [-0.3, -0.25) is 0 Å². The topological polar surface area (TPSA) is 4.41 Å². The number of benzene rings is 6. The molecular weight excluding hydrogens is 591 g/mol. The van der Waals surface area contributed by atoms with Crippen LogP contribution in [0.1, 0.15) is 36.1 Å². The SMILES string of the molecule is C1=CCCC(c2cc(-c3ccccc3)cc(-c3cccc(-c4cccc(-c5cc6c7c(n8c9ccccc9c(c5)c68)CCC=C7)c4)c3)c2)=C1. The lowest BCUT2D eigenvalue weighted by atomic mass is 9.89. The van der Waals surface area contributed by atoms with Gasteiger partial charge < -0.3 is 4.40 Å². The number of nitrogens with zero attached hydrogens (tertiary/aromatic N) is 1. The number of aryl methyl sites for hydroxylation is 1. The molecule has 2 heterocycles. The highest BCUT2D eigenvalue weighted by molar-refractivity contribution is 6.18. The Hall–Kier alpha value is -5.92. The molecule has 0 saturated carbocycles. The third-order valence-corrected chi connectivity index (χ3v) is 10.6. The summed E-state index contributed by atoms with van der Waals surface area (Å²) in [7, 11) is 0. The van der Waals surface area contributed by atoms with Crippen LogP contribution in [0.15, 0.2) is 158 Å². The average molecular weight is 626 g/mol. The molecule has 0 N–H and O–H groups in total. The highest BCUT2D eigenvalue weighted by atomic mass is 14.9. The van der Waals surface area contributed by atoms with Crippen LogP contribution >= 0.6 is 0 Å². The minimum absolute atomic E-state index is 1.07. The fourth-order valence-electron chi connectivity index (χ4n) is 8.26. The van der Waals surface area contributed by atoms with Crippen LogP contribution in [-0.2, 0) is 6.42 Å². The minimum atomic E-state index is 1.07. The average Bonchev–Trinajstić information content (AvgIpc) is 3.70. The van der Waals surface area contributed by atoms with Gasteiger partial charge in [-0.15, -0.1) is 0 Å². The molecule has 0 unspecified atom stereocenters. The Bertz CT molecular complexity index is 2640. The summed E-state index contributed by atoms with van der Waals surface area (Å²) in [6.45, 7) is 0. The van der Waals surface area contributed by atoms with Gasteiger partial charge in [-0.2, -0.15) is 0 Å². The van der Waals surface area contributed by atoms with Gasteiger partial charge >= 0.3 is 0 Å². The quantitative estimate of drug-likeness (QED) is 0.179. The van der Waals surface area contributed by atoms with E-state index >= 15 is 0 Å². The first kappa shape index (κ1) is 28.1. The van der Waals surface area contributed by atoms with Crippen LogP contribution in [-0.4, -0.2) is 4.40 Å². The van der Waals surface area contributed by atoms with Gasteiger partial charge in [-0.1, -0.05) is 115 Å². The van der Waals surface area contributed by atoms with E-state index in [4.69, 9.17) is 0 Å². The third-order valence-electron chi connectivity index (χ3n) is 10.6. The number of rotatable bonds is 5. The molecule has 0 saturated heterocycles. The van der Waals surface area contributed by atoms with Crippen molar-refractivity contribution in [3.63, 3.8) is 0 Å². The second kappa shape index (κ2) is 11.4. The summed E-state index contributed by atoms with van der Waals surface area (Å²) in [6.07, 6.45) is 15.8. The lowest BCUT2D eigenvalue weighted by molar-refractivity contribution is 0.926. The van der Waals surface area contributed by atoms with Crippen molar-refractivity contribution in [1.29, 1.82) is 0 Å². The van der Waals surface area contributed by atoms with Crippen molar-refractivity contribution in [3.05, 3.63) is 175 Å². The standard InChI is InChI=1S/C48H35N/c1-3-13-32(14-4-1)38-27-39(33-15-5-2-6-16-33)29-40(28-38)36-19-11-17-34(25-36)35-18-12-20-37(26-35)41-30-44-42-21-7-9-23-46(42)49-47-24-10-8-22-43(47)45(31-41)48(44)49/h1-5,7-9,11-15,17-23,25-31H,6,10,16,24H2. The predicted octanol–water partition coefficient (Wildman–Crippen LogP) is 13.0. The first-order valence-electron chi connectivity index (χ1n) is 17.5. The summed E-state index contributed by atoms with van der Waals surface area (Å²) in [4.78, 5) is 0. The van der Waals surface area contributed by atoms with Crippen LogP contribution in [0, 0.1) is 0 Å². The van der Waals surface area contributed by atoms with Crippen molar-refractivity contribution in [2.24, 2.45) is 0 Å². The largest absolute Gasteiger partial charge is 0.312 e. The van der Waals surface area contributed by atoms with E-state index in [0.29, 0.717) is 0 Å². The Morgan fingerprint density at radius 2 is 1.02 bits per heavy atom. The molecule has 0 spiro atoms. The van der Waals surface area contributed by atoms with Gasteiger partial charge in [0, 0.05) is 27.4 Å². The fraction of sp³-hybridized carbons (Fsp3) is 0.0833. The van der Waals surface area contributed by atoms with Crippen LogP contribution in [0.25, 0.3) is 83.3 Å². The summed E-state index contributed by atoms with van der Waals surface area (Å²) < 4.78 is 2.53. The molecule has 2 aliphatic rings. The highest BCUT2D eigenvalue weighted by Crippen LogP contribution is 2.43. The summed E-state index contributed by atoms with van der Waals surface area (Å²) in [5.41, 5.74) is 18.2. The van der Waals surface area contributed by atoms with Gasteiger partial charge in [0.15, 0.2) is 0 Å². The van der Waals surface area contributed by atoms with E-state index in [0.717, 1.165) is 25.7 Å². The molecule has 232 valence electrons. The Kier molecular flexibility index (Phi) is 6.52. The van der Waals surface area contributed by atoms with Crippen molar-refractivity contribution < 1.29 is 0 Å². The Morgan fingerprint density at radius 3 is 1.78 bits per heavy atom. The van der Waals surface area contributed by atoms with Crippen LogP contribution in [0.2, 0.25) is 0 Å². The fourth-order valence-corrected chi connectivity index (χ4v) is 8.26. The van der Waals surface area contributed by atoms with Crippen LogP contribution in [0.3, 0.4) is 0 Å². The smallest absolute Gasteiger partial charge is 0.0617 e. The molecule has 49 heavy (non-hydrogen) atoms. The molecular formula is C48H35N. The van der Waals surface area contributed by atoms with Crippen LogP contribution in [0.4, 0.5) is 0 Å². The summed E-state index contributed by atoms with van der Waals surface area (Å²) in [5, 5.41) is 4.04. The second-order valence-electron chi connectivity index (χ2n) is 13.6. The van der Waals surface area contributed by atoms with Crippen LogP contribution < -0.4 is 0 Å². The van der Waals surface area contributed by atoms with Gasteiger partial charge in [0.05, 0.1) is 11.0 Å². The van der Waals surface area contributed by atoms with E-state index < -0.39 is 0 Å². The van der Waals surface area contributed by atoms with Crippen molar-refractivity contribution in [2.45, 2.75) is 25.7 Å². The monoisotopic (exact) mass is 625 g/mol. The summed E-state index contributed by atoms with van der Waals surface area (Å²) in [6, 6.07) is 49.8. The molecule has 10 rings (SSSR count). The zero-order valence-corrected chi connectivity index (χ0v) is 27.4. The van der Waals surface area contributed by atoms with Gasteiger partial charge in [-0.05, 0) is 130 Å². The zero-order valence-electron chi connectivity index (χ0n) is 27.4. The number of fused-ring (bicyclic) bond motifs is 6. The number of allylic oxidation sites excluding steroid dienone is 5. The number of hydrogen-bond donors (Lipinski definition) is 0. The second-order valence-corrected chi connectivity index (χ2v) is 13.6. The van der Waals surface area contributed by atoms with Crippen molar-refractivity contribution in [2.75, 3.05) is 0 Å². The van der Waals surface area contributed by atoms with Crippen LogP contribution in [0.5, 0.6) is 0 Å². The molecule has 8 aromatic rings. The maximum Gasteiger partial charge on any atom is 0.0617 e. The zero-order chi connectivity index (χ0) is 32.3. The molecule has 0 radical (unpaired) electrons. The molecule has 1 nitrogen and oxygen atoms in total. The molecule has 2 aliphatic carbocycles. The summed E-state index contributed by atoms with van der Waals surface area (Å²) in [5.74, 6) is 0. The maximum absolute atomic E-state index is 2.53. The normalized spacial score (nSPS) is 14.2. The first-order valence-corrected chi connectivity index (χ1v) is 17.5. The number of aromatic nitrogens is 1. The summed E-state index contributed by atoms with van der Waals surface area (Å²) >= 11 is 0. The van der Waals surface area contributed by atoms with E-state index in [1.54, 1.807) is 0 Å².